The molecule has 0 aliphatic heterocycles. The first-order valence-electron chi connectivity index (χ1n) is 5.65. The van der Waals surface area contributed by atoms with Crippen molar-refractivity contribution in [3.8, 4) is 0 Å². The summed E-state index contributed by atoms with van der Waals surface area (Å²) in [7, 11) is 1.99. The van der Waals surface area contributed by atoms with Crippen LogP contribution in [0.3, 0.4) is 0 Å². The Balaban J connectivity index is 2.19. The molecule has 0 bridgehead atoms. The van der Waals surface area contributed by atoms with Crippen LogP contribution in [0.5, 0.6) is 0 Å². The number of hydrogen-bond acceptors (Lipinski definition) is 3. The molecule has 3 nitrogen and oxygen atoms in total. The van der Waals surface area contributed by atoms with Gasteiger partial charge in [-0.15, -0.1) is 11.3 Å². The van der Waals surface area contributed by atoms with Crippen LogP contribution in [0.2, 0.25) is 0 Å². The first-order valence-corrected chi connectivity index (χ1v) is 7.32. The van der Waals surface area contributed by atoms with Crippen LogP contribution < -0.4 is 5.32 Å². The maximum absolute atomic E-state index is 4.24. The number of hydrogen-bond donors (Lipinski definition) is 1. The average Bonchev–Trinajstić information content (AvgIpc) is 2.88. The molecule has 2 heterocycles. The summed E-state index contributed by atoms with van der Waals surface area (Å²) in [5, 5.41) is 9.87. The molecule has 1 unspecified atom stereocenters. The topological polar surface area (TPSA) is 29.9 Å². The van der Waals surface area contributed by atoms with Crippen LogP contribution in [0.15, 0.2) is 28.2 Å². The van der Waals surface area contributed by atoms with Gasteiger partial charge in [0.25, 0.3) is 0 Å². The van der Waals surface area contributed by atoms with Gasteiger partial charge in [0.15, 0.2) is 0 Å². The van der Waals surface area contributed by atoms with Crippen LogP contribution in [0.1, 0.15) is 23.5 Å². The molecule has 2 aromatic rings. The van der Waals surface area contributed by atoms with Gasteiger partial charge in [-0.25, -0.2) is 0 Å². The van der Waals surface area contributed by atoms with Crippen LogP contribution in [-0.2, 0) is 13.5 Å². The van der Waals surface area contributed by atoms with Gasteiger partial charge in [0.1, 0.15) is 0 Å². The molecule has 17 heavy (non-hydrogen) atoms. The second kappa shape index (κ2) is 5.80. The van der Waals surface area contributed by atoms with Gasteiger partial charge in [-0.05, 0) is 40.0 Å². The fourth-order valence-corrected chi connectivity index (χ4v) is 3.47. The summed E-state index contributed by atoms with van der Waals surface area (Å²) < 4.78 is 3.14. The minimum absolute atomic E-state index is 0.322. The highest BCUT2D eigenvalue weighted by Crippen LogP contribution is 2.28. The molecule has 1 atom stereocenters. The lowest BCUT2D eigenvalue weighted by Crippen LogP contribution is -2.25. The van der Waals surface area contributed by atoms with Crippen molar-refractivity contribution in [1.29, 1.82) is 0 Å². The summed E-state index contributed by atoms with van der Waals surface area (Å²) in [6, 6.07) is 4.50. The Morgan fingerprint density at radius 1 is 1.53 bits per heavy atom. The first-order chi connectivity index (χ1) is 8.22. The molecule has 0 saturated carbocycles. The molecule has 0 radical (unpaired) electrons. The van der Waals surface area contributed by atoms with E-state index >= 15 is 0 Å². The first kappa shape index (κ1) is 12.8. The summed E-state index contributed by atoms with van der Waals surface area (Å²) in [5.41, 5.74) is 1.23. The van der Waals surface area contributed by atoms with E-state index in [4.69, 9.17) is 0 Å². The Morgan fingerprint density at radius 3 is 2.88 bits per heavy atom. The second-order valence-corrected chi connectivity index (χ2v) is 5.74. The largest absolute Gasteiger partial charge is 0.309 e. The monoisotopic (exact) mass is 313 g/mol. The summed E-state index contributed by atoms with van der Waals surface area (Å²) in [6.45, 7) is 3.09. The lowest BCUT2D eigenvalue weighted by molar-refractivity contribution is 0.510. The highest BCUT2D eigenvalue weighted by Gasteiger charge is 2.16. The van der Waals surface area contributed by atoms with E-state index in [1.54, 1.807) is 11.3 Å². The Bertz CT molecular complexity index is 478. The van der Waals surface area contributed by atoms with Crippen molar-refractivity contribution in [3.63, 3.8) is 0 Å². The van der Waals surface area contributed by atoms with Crippen molar-refractivity contribution < 1.29 is 0 Å². The highest BCUT2D eigenvalue weighted by atomic mass is 79.9. The number of nitrogens with one attached hydrogen (secondary N) is 1. The molecule has 1 N–H and O–H groups in total. The second-order valence-electron chi connectivity index (χ2n) is 3.89. The van der Waals surface area contributed by atoms with Gasteiger partial charge in [-0.1, -0.05) is 6.92 Å². The molecular weight excluding hydrogens is 298 g/mol. The smallest absolute Gasteiger partial charge is 0.0553 e. The third-order valence-corrected chi connectivity index (χ3v) is 4.70. The molecule has 5 heteroatoms. The van der Waals surface area contributed by atoms with E-state index in [0.29, 0.717) is 6.04 Å². The fraction of sp³-hybridized carbons (Fsp3) is 0.417. The lowest BCUT2D eigenvalue weighted by atomic mass is 10.1. The van der Waals surface area contributed by atoms with Crippen LogP contribution >= 0.6 is 27.3 Å². The standard InChI is InChI=1S/C12H16BrN3S/c1-3-14-10(11-4-6-15-16(11)2)8-12-9(13)5-7-17-12/h4-7,10,14H,3,8H2,1-2H3. The number of halogens is 1. The van der Waals surface area contributed by atoms with Crippen molar-refractivity contribution in [2.75, 3.05) is 6.54 Å². The third kappa shape index (κ3) is 2.97. The van der Waals surface area contributed by atoms with E-state index in [1.807, 2.05) is 17.9 Å². The molecule has 0 amide bonds. The number of rotatable bonds is 5. The van der Waals surface area contributed by atoms with E-state index in [0.717, 1.165) is 13.0 Å². The molecule has 2 rings (SSSR count). The Kier molecular flexibility index (Phi) is 4.36. The molecule has 2 aromatic heterocycles. The molecular formula is C12H16BrN3S. The molecule has 92 valence electrons. The van der Waals surface area contributed by atoms with Gasteiger partial charge in [-0.3, -0.25) is 4.68 Å². The van der Waals surface area contributed by atoms with Crippen molar-refractivity contribution in [1.82, 2.24) is 15.1 Å². The van der Waals surface area contributed by atoms with Gasteiger partial charge in [-0.2, -0.15) is 5.10 Å². The van der Waals surface area contributed by atoms with Gasteiger partial charge >= 0.3 is 0 Å². The average molecular weight is 314 g/mol. The van der Waals surface area contributed by atoms with E-state index in [1.165, 1.54) is 15.0 Å². The van der Waals surface area contributed by atoms with Gasteiger partial charge in [0.2, 0.25) is 0 Å². The van der Waals surface area contributed by atoms with Gasteiger partial charge < -0.3 is 5.32 Å². The van der Waals surface area contributed by atoms with E-state index in [2.05, 4.69) is 50.8 Å². The predicted molar refractivity (Wildman–Crippen MR) is 75.3 cm³/mol. The van der Waals surface area contributed by atoms with Crippen molar-refractivity contribution in [2.45, 2.75) is 19.4 Å². The van der Waals surface area contributed by atoms with Crippen LogP contribution in [0, 0.1) is 0 Å². The Hall–Kier alpha value is -0.650. The number of thiophene rings is 1. The molecule has 0 aliphatic rings. The minimum Gasteiger partial charge on any atom is -0.309 e. The van der Waals surface area contributed by atoms with Gasteiger partial charge in [0.05, 0.1) is 11.7 Å². The SMILES string of the molecule is CCNC(Cc1sccc1Br)c1ccnn1C. The van der Waals surface area contributed by atoms with E-state index < -0.39 is 0 Å². The zero-order valence-corrected chi connectivity index (χ0v) is 12.4. The zero-order chi connectivity index (χ0) is 12.3. The van der Waals surface area contributed by atoms with Crippen LogP contribution in [0.25, 0.3) is 0 Å². The molecule has 0 saturated heterocycles. The number of aromatic nitrogens is 2. The minimum atomic E-state index is 0.322. The number of aryl methyl sites for hydroxylation is 1. The molecule has 0 spiro atoms. The fourth-order valence-electron chi connectivity index (χ4n) is 1.91. The number of likely N-dealkylation sites (N-methyl/N-ethyl adjacent to an activating group) is 1. The van der Waals surface area contributed by atoms with Crippen molar-refractivity contribution >= 4 is 27.3 Å². The summed E-state index contributed by atoms with van der Waals surface area (Å²) in [5.74, 6) is 0. The maximum atomic E-state index is 4.24. The number of nitrogens with zero attached hydrogens (tertiary/aromatic N) is 2. The van der Waals surface area contributed by atoms with E-state index in [9.17, 15) is 0 Å². The lowest BCUT2D eigenvalue weighted by Gasteiger charge is -2.17. The van der Waals surface area contributed by atoms with Crippen LogP contribution in [0.4, 0.5) is 0 Å². The van der Waals surface area contributed by atoms with Crippen molar-refractivity contribution in [2.24, 2.45) is 7.05 Å². The van der Waals surface area contributed by atoms with Crippen LogP contribution in [-0.4, -0.2) is 16.3 Å². The van der Waals surface area contributed by atoms with E-state index in [-0.39, 0.29) is 0 Å². The third-order valence-electron chi connectivity index (χ3n) is 2.75. The van der Waals surface area contributed by atoms with Crippen molar-refractivity contribution in [3.05, 3.63) is 38.8 Å². The Morgan fingerprint density at radius 2 is 2.35 bits per heavy atom. The quantitative estimate of drug-likeness (QED) is 0.919. The Labute approximate surface area is 114 Å². The van der Waals surface area contributed by atoms with Gasteiger partial charge in [0, 0.05) is 29.0 Å². The maximum Gasteiger partial charge on any atom is 0.0553 e. The zero-order valence-electron chi connectivity index (χ0n) is 9.98. The highest BCUT2D eigenvalue weighted by molar-refractivity contribution is 9.10. The molecule has 0 aliphatic carbocycles. The summed E-state index contributed by atoms with van der Waals surface area (Å²) >= 11 is 5.38. The summed E-state index contributed by atoms with van der Waals surface area (Å²) in [6.07, 6.45) is 2.84. The molecule has 0 aromatic carbocycles. The summed E-state index contributed by atoms with van der Waals surface area (Å²) in [4.78, 5) is 1.37. The predicted octanol–water partition coefficient (Wildman–Crippen LogP) is 3.14. The molecule has 0 fully saturated rings. The normalized spacial score (nSPS) is 12.9.